The van der Waals surface area contributed by atoms with Crippen molar-refractivity contribution in [3.05, 3.63) is 35.8 Å². The second-order valence-corrected chi connectivity index (χ2v) is 8.50. The average Bonchev–Trinajstić information content (AvgIpc) is 3.40. The van der Waals surface area contributed by atoms with Gasteiger partial charge in [0, 0.05) is 55.7 Å². The van der Waals surface area contributed by atoms with E-state index in [0.717, 1.165) is 67.7 Å². The number of guanidine groups is 1. The largest absolute Gasteiger partial charge is 0.361 e. The van der Waals surface area contributed by atoms with Crippen molar-refractivity contribution in [2.45, 2.75) is 51.0 Å². The fourth-order valence-corrected chi connectivity index (χ4v) is 4.75. The van der Waals surface area contributed by atoms with Crippen LogP contribution in [0.3, 0.4) is 0 Å². The van der Waals surface area contributed by atoms with Crippen LogP contribution in [0.2, 0.25) is 0 Å². The molecule has 1 aromatic heterocycles. The molecule has 4 rings (SSSR count). The molecule has 2 aliphatic rings. The molecule has 3 N–H and O–H groups in total. The zero-order valence-corrected chi connectivity index (χ0v) is 20.5. The minimum Gasteiger partial charge on any atom is -0.361 e. The van der Waals surface area contributed by atoms with E-state index < -0.39 is 0 Å². The number of aromatic nitrogens is 1. The highest BCUT2D eigenvalue weighted by atomic mass is 127. The lowest BCUT2D eigenvalue weighted by Crippen LogP contribution is -2.46. The van der Waals surface area contributed by atoms with E-state index in [9.17, 15) is 9.18 Å². The summed E-state index contributed by atoms with van der Waals surface area (Å²) in [4.78, 5) is 22.3. The van der Waals surface area contributed by atoms with E-state index in [-0.39, 0.29) is 41.8 Å². The number of hydrogen-bond donors (Lipinski definition) is 3. The number of rotatable bonds is 5. The summed E-state index contributed by atoms with van der Waals surface area (Å²) in [7, 11) is 1.77. The molecule has 1 aliphatic heterocycles. The van der Waals surface area contributed by atoms with Crippen LogP contribution in [0.25, 0.3) is 10.9 Å². The van der Waals surface area contributed by atoms with Gasteiger partial charge in [0.15, 0.2) is 5.96 Å². The smallest absolute Gasteiger partial charge is 0.225 e. The Hall–Kier alpha value is -1.84. The van der Waals surface area contributed by atoms with Gasteiger partial charge in [-0.25, -0.2) is 4.39 Å². The van der Waals surface area contributed by atoms with E-state index in [4.69, 9.17) is 0 Å². The van der Waals surface area contributed by atoms with Crippen LogP contribution in [0.1, 0.15) is 44.1 Å². The summed E-state index contributed by atoms with van der Waals surface area (Å²) in [6.07, 6.45) is 9.45. The van der Waals surface area contributed by atoms with E-state index in [1.165, 1.54) is 31.4 Å². The van der Waals surface area contributed by atoms with E-state index in [0.29, 0.717) is 5.91 Å². The summed E-state index contributed by atoms with van der Waals surface area (Å²) in [6.45, 7) is 2.31. The number of benzene rings is 1. The predicted octanol–water partition coefficient (Wildman–Crippen LogP) is 3.81. The van der Waals surface area contributed by atoms with Gasteiger partial charge in [0.25, 0.3) is 0 Å². The Kier molecular flexibility index (Phi) is 8.57. The molecule has 0 radical (unpaired) electrons. The number of amides is 1. The van der Waals surface area contributed by atoms with Gasteiger partial charge in [-0.2, -0.15) is 0 Å². The highest BCUT2D eigenvalue weighted by Crippen LogP contribution is 2.26. The molecule has 2 aromatic rings. The van der Waals surface area contributed by atoms with Crippen molar-refractivity contribution in [1.29, 1.82) is 0 Å². The third-order valence-electron chi connectivity index (χ3n) is 6.44. The van der Waals surface area contributed by atoms with Crippen molar-refractivity contribution in [3.8, 4) is 0 Å². The second-order valence-electron chi connectivity index (χ2n) is 8.50. The minimum absolute atomic E-state index is 0. The van der Waals surface area contributed by atoms with Gasteiger partial charge in [-0.3, -0.25) is 9.79 Å². The maximum Gasteiger partial charge on any atom is 0.225 e. The first-order valence-corrected chi connectivity index (χ1v) is 11.2. The third kappa shape index (κ3) is 5.90. The van der Waals surface area contributed by atoms with Crippen LogP contribution in [-0.2, 0) is 11.2 Å². The molecule has 31 heavy (non-hydrogen) atoms. The lowest BCUT2D eigenvalue weighted by atomic mass is 9.88. The fourth-order valence-electron chi connectivity index (χ4n) is 4.75. The van der Waals surface area contributed by atoms with Gasteiger partial charge in [-0.15, -0.1) is 24.0 Å². The number of carbonyl (C=O) groups excluding carboxylic acids is 1. The number of aliphatic imine (C=N–C) groups is 1. The average molecular weight is 541 g/mol. The topological polar surface area (TPSA) is 72.5 Å². The molecule has 1 saturated heterocycles. The van der Waals surface area contributed by atoms with Crippen molar-refractivity contribution in [1.82, 2.24) is 20.5 Å². The van der Waals surface area contributed by atoms with Crippen LogP contribution in [0.5, 0.6) is 0 Å². The van der Waals surface area contributed by atoms with E-state index >= 15 is 0 Å². The van der Waals surface area contributed by atoms with Crippen molar-refractivity contribution in [3.63, 3.8) is 0 Å². The van der Waals surface area contributed by atoms with E-state index in [1.54, 1.807) is 7.05 Å². The molecule has 170 valence electrons. The summed E-state index contributed by atoms with van der Waals surface area (Å²) < 4.78 is 13.3. The van der Waals surface area contributed by atoms with Crippen LogP contribution in [0, 0.1) is 11.7 Å². The molecular formula is C23H33FIN5O. The quantitative estimate of drug-likeness (QED) is 0.306. The van der Waals surface area contributed by atoms with Gasteiger partial charge in [0.05, 0.1) is 0 Å². The fraction of sp³-hybridized carbons (Fsp3) is 0.565. The lowest BCUT2D eigenvalue weighted by molar-refractivity contribution is -0.135. The van der Waals surface area contributed by atoms with Crippen molar-refractivity contribution >= 4 is 46.7 Å². The maximum absolute atomic E-state index is 13.3. The SMILES string of the molecule is CN=C(NCCc1c[nH]c2cc(F)ccc12)NC1CCN(C(=O)C2CCCCC2)C1.I. The zero-order chi connectivity index (χ0) is 20.9. The first-order valence-electron chi connectivity index (χ1n) is 11.2. The molecule has 6 nitrogen and oxygen atoms in total. The molecule has 0 spiro atoms. The lowest BCUT2D eigenvalue weighted by Gasteiger charge is -2.26. The van der Waals surface area contributed by atoms with Crippen LogP contribution < -0.4 is 10.6 Å². The molecule has 8 heteroatoms. The third-order valence-corrected chi connectivity index (χ3v) is 6.44. The van der Waals surface area contributed by atoms with Gasteiger partial charge in [0.2, 0.25) is 5.91 Å². The molecule has 2 fully saturated rings. The number of likely N-dealkylation sites (tertiary alicyclic amines) is 1. The number of halogens is 2. The number of fused-ring (bicyclic) bond motifs is 1. The van der Waals surface area contributed by atoms with Crippen molar-refractivity contribution in [2.75, 3.05) is 26.7 Å². The molecule has 0 bridgehead atoms. The summed E-state index contributed by atoms with van der Waals surface area (Å²) >= 11 is 0. The normalized spacial score (nSPS) is 20.0. The number of aromatic amines is 1. The number of nitrogens with zero attached hydrogens (tertiary/aromatic N) is 2. The zero-order valence-electron chi connectivity index (χ0n) is 18.1. The molecule has 1 unspecified atom stereocenters. The Morgan fingerprint density at radius 3 is 2.84 bits per heavy atom. The second kappa shape index (κ2) is 11.2. The molecule has 1 aliphatic carbocycles. The first-order chi connectivity index (χ1) is 14.6. The Morgan fingerprint density at radius 2 is 2.06 bits per heavy atom. The van der Waals surface area contributed by atoms with E-state index in [1.807, 2.05) is 17.2 Å². The van der Waals surface area contributed by atoms with Crippen LogP contribution in [0.4, 0.5) is 4.39 Å². The Labute approximate surface area is 200 Å². The van der Waals surface area contributed by atoms with Gasteiger partial charge < -0.3 is 20.5 Å². The monoisotopic (exact) mass is 541 g/mol. The maximum atomic E-state index is 13.3. The number of nitrogens with one attached hydrogen (secondary N) is 3. The predicted molar refractivity (Wildman–Crippen MR) is 133 cm³/mol. The van der Waals surface area contributed by atoms with Gasteiger partial charge in [0.1, 0.15) is 5.82 Å². The van der Waals surface area contributed by atoms with Crippen LogP contribution in [-0.4, -0.2) is 54.5 Å². The Balaban J connectivity index is 0.00000272. The standard InChI is InChI=1S/C23H32FN5O.HI/c1-25-23(26-11-9-17-14-27-21-13-18(24)7-8-20(17)21)28-19-10-12-29(15-19)22(30)16-5-3-2-4-6-16;/h7-8,13-14,16,19,27H,2-6,9-12,15H2,1H3,(H2,25,26,28);1H. The summed E-state index contributed by atoms with van der Waals surface area (Å²) in [5.74, 6) is 1.11. The number of hydrogen-bond acceptors (Lipinski definition) is 2. The summed E-state index contributed by atoms with van der Waals surface area (Å²) in [5.41, 5.74) is 1.97. The Bertz CT molecular complexity index is 909. The number of H-pyrrole nitrogens is 1. The molecule has 1 atom stereocenters. The summed E-state index contributed by atoms with van der Waals surface area (Å²) in [6, 6.07) is 5.07. The molecule has 1 saturated carbocycles. The molecule has 1 aromatic carbocycles. The molecule has 2 heterocycles. The van der Waals surface area contributed by atoms with Crippen LogP contribution >= 0.6 is 24.0 Å². The number of carbonyl (C=O) groups is 1. The molecular weight excluding hydrogens is 508 g/mol. The Morgan fingerprint density at radius 1 is 1.26 bits per heavy atom. The molecule has 1 amide bonds. The van der Waals surface area contributed by atoms with Crippen molar-refractivity contribution < 1.29 is 9.18 Å². The van der Waals surface area contributed by atoms with Gasteiger partial charge in [-0.1, -0.05) is 19.3 Å². The van der Waals surface area contributed by atoms with E-state index in [2.05, 4.69) is 20.6 Å². The first kappa shape index (κ1) is 23.8. The highest BCUT2D eigenvalue weighted by molar-refractivity contribution is 14.0. The minimum atomic E-state index is -0.230. The van der Waals surface area contributed by atoms with Crippen LogP contribution in [0.15, 0.2) is 29.4 Å². The van der Waals surface area contributed by atoms with Gasteiger partial charge >= 0.3 is 0 Å². The summed E-state index contributed by atoms with van der Waals surface area (Å²) in [5, 5.41) is 7.88. The van der Waals surface area contributed by atoms with Crippen molar-refractivity contribution in [2.24, 2.45) is 10.9 Å². The highest BCUT2D eigenvalue weighted by Gasteiger charge is 2.31. The van der Waals surface area contributed by atoms with Gasteiger partial charge in [-0.05, 0) is 49.4 Å².